The average molecular weight is 457 g/mol. The summed E-state index contributed by atoms with van der Waals surface area (Å²) in [6, 6.07) is 9.45. The van der Waals surface area contributed by atoms with Crippen molar-refractivity contribution in [1.82, 2.24) is 5.32 Å². The van der Waals surface area contributed by atoms with Crippen molar-refractivity contribution in [2.45, 2.75) is 19.6 Å². The van der Waals surface area contributed by atoms with Crippen molar-refractivity contribution in [1.29, 1.82) is 0 Å². The predicted molar refractivity (Wildman–Crippen MR) is 115 cm³/mol. The van der Waals surface area contributed by atoms with Crippen molar-refractivity contribution in [3.8, 4) is 11.5 Å². The van der Waals surface area contributed by atoms with E-state index in [0.717, 1.165) is 5.56 Å². The molecule has 0 saturated carbocycles. The number of ether oxygens (including phenoxy) is 4. The number of amides is 1. The first kappa shape index (κ1) is 22.3. The highest BCUT2D eigenvalue weighted by Gasteiger charge is 2.25. The standard InChI is InChI=1S/C22H23N3O8/c1-14(21(26)23-12-15-2-5-19-20(10-15)32-13-31-19)33-22(27)16-3-4-17(18(11-16)25(28)29)24-6-8-30-9-7-24/h2-5,10-11,14H,6-9,12-13H2,1H3,(H,23,26)/t14-/m1/s1. The maximum Gasteiger partial charge on any atom is 0.339 e. The molecular formula is C22H23N3O8. The third-order valence-corrected chi connectivity index (χ3v) is 5.32. The van der Waals surface area contributed by atoms with Gasteiger partial charge in [0, 0.05) is 25.7 Å². The van der Waals surface area contributed by atoms with Crippen LogP contribution in [0.15, 0.2) is 36.4 Å². The van der Waals surface area contributed by atoms with E-state index in [1.165, 1.54) is 25.1 Å². The summed E-state index contributed by atoms with van der Waals surface area (Å²) in [6.45, 7) is 3.78. The lowest BCUT2D eigenvalue weighted by atomic mass is 10.1. The smallest absolute Gasteiger partial charge is 0.339 e. The Morgan fingerprint density at radius 3 is 2.67 bits per heavy atom. The first-order valence-electron chi connectivity index (χ1n) is 10.4. The SMILES string of the molecule is C[C@@H](OC(=O)c1ccc(N2CCOCC2)c([N+](=O)[O-])c1)C(=O)NCc1ccc2c(c1)OCO2. The van der Waals surface area contributed by atoms with Crippen molar-refractivity contribution >= 4 is 23.3 Å². The number of nitro benzene ring substituents is 1. The number of morpholine rings is 1. The molecule has 0 aliphatic carbocycles. The Kier molecular flexibility index (Phi) is 6.59. The topological polar surface area (TPSA) is 129 Å². The summed E-state index contributed by atoms with van der Waals surface area (Å²) < 4.78 is 21.1. The fraction of sp³-hybridized carbons (Fsp3) is 0.364. The van der Waals surface area contributed by atoms with Gasteiger partial charge in [0.2, 0.25) is 6.79 Å². The summed E-state index contributed by atoms with van der Waals surface area (Å²) >= 11 is 0. The maximum atomic E-state index is 12.5. The maximum absolute atomic E-state index is 12.5. The summed E-state index contributed by atoms with van der Waals surface area (Å²) in [5.74, 6) is -0.0812. The lowest BCUT2D eigenvalue weighted by molar-refractivity contribution is -0.384. The molecule has 2 aliphatic rings. The molecule has 1 saturated heterocycles. The Morgan fingerprint density at radius 1 is 1.15 bits per heavy atom. The number of fused-ring (bicyclic) bond motifs is 1. The van der Waals surface area contributed by atoms with E-state index in [-0.39, 0.29) is 24.6 Å². The number of carbonyl (C=O) groups excluding carboxylic acids is 2. The molecule has 2 heterocycles. The van der Waals surface area contributed by atoms with Crippen molar-refractivity contribution in [3.05, 3.63) is 57.6 Å². The van der Waals surface area contributed by atoms with Crippen LogP contribution in [0, 0.1) is 10.1 Å². The predicted octanol–water partition coefficient (Wildman–Crippen LogP) is 2.02. The van der Waals surface area contributed by atoms with Crippen LogP contribution in [0.1, 0.15) is 22.8 Å². The minimum atomic E-state index is -1.09. The van der Waals surface area contributed by atoms with Crippen LogP contribution in [0.5, 0.6) is 11.5 Å². The van der Waals surface area contributed by atoms with Crippen molar-refractivity contribution in [3.63, 3.8) is 0 Å². The molecular weight excluding hydrogens is 434 g/mol. The van der Waals surface area contributed by atoms with Gasteiger partial charge in [-0.05, 0) is 36.8 Å². The lowest BCUT2D eigenvalue weighted by Crippen LogP contribution is -2.36. The zero-order chi connectivity index (χ0) is 23.4. The first-order valence-corrected chi connectivity index (χ1v) is 10.4. The van der Waals surface area contributed by atoms with Crippen LogP contribution in [0.3, 0.4) is 0 Å². The normalized spacial score (nSPS) is 15.6. The van der Waals surface area contributed by atoms with Gasteiger partial charge in [-0.25, -0.2) is 4.79 Å². The van der Waals surface area contributed by atoms with E-state index in [4.69, 9.17) is 18.9 Å². The van der Waals surface area contributed by atoms with E-state index in [2.05, 4.69) is 5.32 Å². The lowest BCUT2D eigenvalue weighted by Gasteiger charge is -2.28. The van der Waals surface area contributed by atoms with Gasteiger partial charge < -0.3 is 29.2 Å². The number of carbonyl (C=O) groups is 2. The molecule has 0 aromatic heterocycles. The molecule has 4 rings (SSSR count). The second-order valence-electron chi connectivity index (χ2n) is 7.51. The summed E-state index contributed by atoms with van der Waals surface area (Å²) in [5.41, 5.74) is 0.996. The van der Waals surface area contributed by atoms with E-state index < -0.39 is 22.9 Å². The molecule has 0 spiro atoms. The molecule has 2 aromatic carbocycles. The summed E-state index contributed by atoms with van der Waals surface area (Å²) in [6.07, 6.45) is -1.09. The second-order valence-corrected chi connectivity index (χ2v) is 7.51. The fourth-order valence-corrected chi connectivity index (χ4v) is 3.53. The van der Waals surface area contributed by atoms with E-state index in [0.29, 0.717) is 43.5 Å². The van der Waals surface area contributed by atoms with Crippen molar-refractivity contribution in [2.24, 2.45) is 0 Å². The van der Waals surface area contributed by atoms with Gasteiger partial charge in [0.25, 0.3) is 11.6 Å². The van der Waals surface area contributed by atoms with Crippen LogP contribution >= 0.6 is 0 Å². The Bertz CT molecular complexity index is 1070. The molecule has 1 N–H and O–H groups in total. The van der Waals surface area contributed by atoms with Gasteiger partial charge in [-0.2, -0.15) is 0 Å². The van der Waals surface area contributed by atoms with Gasteiger partial charge >= 0.3 is 5.97 Å². The van der Waals surface area contributed by atoms with Gasteiger partial charge in [0.15, 0.2) is 17.6 Å². The Balaban J connectivity index is 1.37. The Morgan fingerprint density at radius 2 is 1.91 bits per heavy atom. The molecule has 11 nitrogen and oxygen atoms in total. The molecule has 33 heavy (non-hydrogen) atoms. The molecule has 1 amide bonds. The molecule has 0 radical (unpaired) electrons. The summed E-state index contributed by atoms with van der Waals surface area (Å²) in [7, 11) is 0. The minimum absolute atomic E-state index is 0.00543. The van der Waals surface area contributed by atoms with E-state index in [1.807, 2.05) is 4.90 Å². The molecule has 0 bridgehead atoms. The highest BCUT2D eigenvalue weighted by atomic mass is 16.7. The van der Waals surface area contributed by atoms with Crippen molar-refractivity contribution in [2.75, 3.05) is 38.0 Å². The number of nitrogens with one attached hydrogen (secondary N) is 1. The third-order valence-electron chi connectivity index (χ3n) is 5.32. The van der Waals surface area contributed by atoms with Crippen molar-refractivity contribution < 1.29 is 33.5 Å². The number of rotatable bonds is 7. The zero-order valence-electron chi connectivity index (χ0n) is 17.9. The largest absolute Gasteiger partial charge is 0.454 e. The quantitative estimate of drug-likeness (QED) is 0.377. The molecule has 1 fully saturated rings. The van der Waals surface area contributed by atoms with E-state index in [1.54, 1.807) is 18.2 Å². The fourth-order valence-electron chi connectivity index (χ4n) is 3.53. The van der Waals surface area contributed by atoms with Crippen LogP contribution in [0.25, 0.3) is 0 Å². The van der Waals surface area contributed by atoms with Crippen LogP contribution < -0.4 is 19.7 Å². The molecule has 174 valence electrons. The monoisotopic (exact) mass is 457 g/mol. The van der Waals surface area contributed by atoms with Gasteiger partial charge in [-0.15, -0.1) is 0 Å². The van der Waals surface area contributed by atoms with Crippen LogP contribution in [0.2, 0.25) is 0 Å². The highest BCUT2D eigenvalue weighted by molar-refractivity contribution is 5.93. The number of esters is 1. The van der Waals surface area contributed by atoms with E-state index >= 15 is 0 Å². The number of benzene rings is 2. The minimum Gasteiger partial charge on any atom is -0.454 e. The van der Waals surface area contributed by atoms with Gasteiger partial charge in [-0.3, -0.25) is 14.9 Å². The number of anilines is 1. The molecule has 1 atom stereocenters. The highest BCUT2D eigenvalue weighted by Crippen LogP contribution is 2.32. The number of hydrogen-bond donors (Lipinski definition) is 1. The number of hydrogen-bond acceptors (Lipinski definition) is 9. The van der Waals surface area contributed by atoms with Crippen LogP contribution in [-0.2, 0) is 20.8 Å². The van der Waals surface area contributed by atoms with Gasteiger partial charge in [0.05, 0.1) is 23.7 Å². The summed E-state index contributed by atoms with van der Waals surface area (Å²) in [4.78, 5) is 37.8. The van der Waals surface area contributed by atoms with Gasteiger partial charge in [0.1, 0.15) is 5.69 Å². The van der Waals surface area contributed by atoms with Crippen LogP contribution in [-0.4, -0.2) is 56.0 Å². The number of nitro groups is 1. The summed E-state index contributed by atoms with van der Waals surface area (Å²) in [5, 5.41) is 14.3. The molecule has 0 unspecified atom stereocenters. The number of nitrogens with zero attached hydrogens (tertiary/aromatic N) is 2. The Hall–Kier alpha value is -3.86. The molecule has 2 aromatic rings. The first-order chi connectivity index (χ1) is 15.9. The molecule has 2 aliphatic heterocycles. The third kappa shape index (κ3) is 5.14. The second kappa shape index (κ2) is 9.74. The Labute approximate surface area is 189 Å². The zero-order valence-corrected chi connectivity index (χ0v) is 17.9. The average Bonchev–Trinajstić information content (AvgIpc) is 3.30. The van der Waals surface area contributed by atoms with E-state index in [9.17, 15) is 19.7 Å². The van der Waals surface area contributed by atoms with Gasteiger partial charge in [-0.1, -0.05) is 6.07 Å². The molecule has 11 heteroatoms. The van der Waals surface area contributed by atoms with Crippen LogP contribution in [0.4, 0.5) is 11.4 Å².